The van der Waals surface area contributed by atoms with E-state index in [1.54, 1.807) is 6.07 Å². The first-order chi connectivity index (χ1) is 8.47. The fraction of sp³-hybridized carbons (Fsp3) is 0.417. The van der Waals surface area contributed by atoms with Crippen LogP contribution in [0.3, 0.4) is 0 Å². The highest BCUT2D eigenvalue weighted by Gasteiger charge is 2.41. The Morgan fingerprint density at radius 3 is 2.50 bits per heavy atom. The van der Waals surface area contributed by atoms with Gasteiger partial charge in [-0.1, -0.05) is 6.07 Å². The van der Waals surface area contributed by atoms with Crippen LogP contribution >= 0.6 is 0 Å². The highest BCUT2D eigenvalue weighted by molar-refractivity contribution is 5.78. The number of ether oxygens (including phenoxy) is 1. The largest absolute Gasteiger partial charge is 0.491 e. The van der Waals surface area contributed by atoms with Gasteiger partial charge in [0.15, 0.2) is 0 Å². The molecule has 1 aromatic carbocycles. The lowest BCUT2D eigenvalue weighted by Crippen LogP contribution is -2.28. The van der Waals surface area contributed by atoms with Crippen LogP contribution in [0.1, 0.15) is 11.1 Å². The molecular formula is C12H12F3NO2. The number of alkyl halides is 3. The summed E-state index contributed by atoms with van der Waals surface area (Å²) in [4.78, 5) is 10.7. The van der Waals surface area contributed by atoms with Gasteiger partial charge >= 0.3 is 12.1 Å². The number of hydrogen-bond donors (Lipinski definition) is 1. The fourth-order valence-corrected chi connectivity index (χ4v) is 1.88. The van der Waals surface area contributed by atoms with E-state index in [0.717, 1.165) is 30.6 Å². The fourth-order valence-electron chi connectivity index (χ4n) is 1.88. The van der Waals surface area contributed by atoms with Gasteiger partial charge in [-0.2, -0.15) is 13.2 Å². The van der Waals surface area contributed by atoms with Crippen LogP contribution in [-0.4, -0.2) is 25.2 Å². The summed E-state index contributed by atoms with van der Waals surface area (Å²) in [6.07, 6.45) is -3.43. The Kier molecular flexibility index (Phi) is 3.56. The molecule has 1 aliphatic rings. The number of hydrogen-bond acceptors (Lipinski definition) is 3. The quantitative estimate of drug-likeness (QED) is 0.618. The van der Waals surface area contributed by atoms with E-state index in [0.29, 0.717) is 6.42 Å². The zero-order valence-electron chi connectivity index (χ0n) is 9.51. The van der Waals surface area contributed by atoms with Crippen LogP contribution in [0.25, 0.3) is 0 Å². The van der Waals surface area contributed by atoms with Crippen molar-refractivity contribution in [2.24, 2.45) is 0 Å². The predicted molar refractivity (Wildman–Crippen MR) is 58.4 cm³/mol. The van der Waals surface area contributed by atoms with E-state index in [4.69, 9.17) is 0 Å². The molecule has 0 saturated carbocycles. The first kappa shape index (κ1) is 12.9. The van der Waals surface area contributed by atoms with Crippen LogP contribution in [0.15, 0.2) is 18.2 Å². The number of benzene rings is 1. The second kappa shape index (κ2) is 4.97. The average Bonchev–Trinajstić information content (AvgIpc) is 2.52. The second-order valence-electron chi connectivity index (χ2n) is 4.07. The summed E-state index contributed by atoms with van der Waals surface area (Å²) >= 11 is 0. The first-order valence-corrected chi connectivity index (χ1v) is 5.58. The van der Waals surface area contributed by atoms with Gasteiger partial charge in [-0.25, -0.2) is 4.79 Å². The number of halogens is 3. The highest BCUT2D eigenvalue weighted by Crippen LogP contribution is 2.23. The molecular weight excluding hydrogens is 247 g/mol. The maximum absolute atomic E-state index is 12.1. The zero-order chi connectivity index (χ0) is 13.2. The van der Waals surface area contributed by atoms with Crippen molar-refractivity contribution in [3.05, 3.63) is 29.3 Å². The van der Waals surface area contributed by atoms with Gasteiger partial charge in [0.2, 0.25) is 0 Å². The van der Waals surface area contributed by atoms with Crippen LogP contribution in [0.4, 0.5) is 13.2 Å². The third-order valence-corrected chi connectivity index (χ3v) is 2.76. The molecule has 1 heterocycles. The Balaban J connectivity index is 2.16. The molecule has 1 aromatic rings. The normalized spacial score (nSPS) is 15.7. The van der Waals surface area contributed by atoms with E-state index in [-0.39, 0.29) is 5.75 Å². The molecule has 0 bridgehead atoms. The molecule has 0 atom stereocenters. The van der Waals surface area contributed by atoms with Gasteiger partial charge < -0.3 is 10.1 Å². The number of rotatable bonds is 1. The molecule has 18 heavy (non-hydrogen) atoms. The molecule has 0 aliphatic carbocycles. The van der Waals surface area contributed by atoms with Crippen molar-refractivity contribution in [2.45, 2.75) is 19.0 Å². The number of fused-ring (bicyclic) bond motifs is 1. The Bertz CT molecular complexity index is 457. The van der Waals surface area contributed by atoms with Gasteiger partial charge in [0.05, 0.1) is 0 Å². The van der Waals surface area contributed by atoms with Crippen molar-refractivity contribution in [1.82, 2.24) is 5.32 Å². The number of carbonyl (C=O) groups is 1. The lowest BCUT2D eigenvalue weighted by Gasteiger charge is -2.10. The molecule has 0 saturated heterocycles. The third-order valence-electron chi connectivity index (χ3n) is 2.76. The number of nitrogens with one attached hydrogen (secondary N) is 1. The SMILES string of the molecule is O=C(Oc1ccc2c(c1)CCNCC2)C(F)(F)F. The highest BCUT2D eigenvalue weighted by atomic mass is 19.4. The molecule has 1 aliphatic heterocycles. The van der Waals surface area contributed by atoms with Gasteiger partial charge in [-0.15, -0.1) is 0 Å². The molecule has 0 aromatic heterocycles. The van der Waals surface area contributed by atoms with E-state index < -0.39 is 12.1 Å². The Labute approximate surface area is 102 Å². The Morgan fingerprint density at radius 2 is 1.83 bits per heavy atom. The molecule has 0 fully saturated rings. The maximum atomic E-state index is 12.1. The summed E-state index contributed by atoms with van der Waals surface area (Å²) in [5.74, 6) is -2.24. The Hall–Kier alpha value is -1.56. The average molecular weight is 259 g/mol. The molecule has 0 unspecified atom stereocenters. The minimum atomic E-state index is -4.96. The summed E-state index contributed by atoms with van der Waals surface area (Å²) < 4.78 is 40.5. The molecule has 0 amide bonds. The summed E-state index contributed by atoms with van der Waals surface area (Å²) in [7, 11) is 0. The second-order valence-corrected chi connectivity index (χ2v) is 4.07. The van der Waals surface area contributed by atoms with E-state index in [1.807, 2.05) is 0 Å². The summed E-state index contributed by atoms with van der Waals surface area (Å²) in [5, 5.41) is 3.19. The molecule has 0 spiro atoms. The predicted octanol–water partition coefficient (Wildman–Crippen LogP) is 1.84. The topological polar surface area (TPSA) is 38.3 Å². The molecule has 2 rings (SSSR count). The molecule has 98 valence electrons. The van der Waals surface area contributed by atoms with Gasteiger partial charge in [-0.3, -0.25) is 0 Å². The van der Waals surface area contributed by atoms with Gasteiger partial charge in [-0.05, 0) is 49.2 Å². The van der Waals surface area contributed by atoms with Crippen molar-refractivity contribution in [1.29, 1.82) is 0 Å². The lowest BCUT2D eigenvalue weighted by molar-refractivity contribution is -0.189. The van der Waals surface area contributed by atoms with Gasteiger partial charge in [0.1, 0.15) is 5.75 Å². The van der Waals surface area contributed by atoms with Crippen LogP contribution in [0.5, 0.6) is 5.75 Å². The van der Waals surface area contributed by atoms with Gasteiger partial charge in [0.25, 0.3) is 0 Å². The standard InChI is InChI=1S/C12H12F3NO2/c13-12(14,15)11(17)18-10-2-1-8-3-5-16-6-4-9(8)7-10/h1-2,7,16H,3-6H2. The monoisotopic (exact) mass is 259 g/mol. The molecule has 1 N–H and O–H groups in total. The van der Waals surface area contributed by atoms with E-state index in [1.165, 1.54) is 12.1 Å². The van der Waals surface area contributed by atoms with E-state index >= 15 is 0 Å². The molecule has 0 radical (unpaired) electrons. The zero-order valence-corrected chi connectivity index (χ0v) is 9.51. The molecule has 6 heteroatoms. The lowest BCUT2D eigenvalue weighted by atomic mass is 10.0. The van der Waals surface area contributed by atoms with Crippen molar-refractivity contribution >= 4 is 5.97 Å². The molecule has 3 nitrogen and oxygen atoms in total. The van der Waals surface area contributed by atoms with Crippen molar-refractivity contribution in [3.63, 3.8) is 0 Å². The number of carbonyl (C=O) groups excluding carboxylic acids is 1. The van der Waals surface area contributed by atoms with E-state index in [9.17, 15) is 18.0 Å². The first-order valence-electron chi connectivity index (χ1n) is 5.58. The summed E-state index contributed by atoms with van der Waals surface area (Å²) in [5.41, 5.74) is 2.00. The van der Waals surface area contributed by atoms with Crippen LogP contribution in [-0.2, 0) is 17.6 Å². The third kappa shape index (κ3) is 3.01. The minimum Gasteiger partial charge on any atom is -0.420 e. The number of esters is 1. The van der Waals surface area contributed by atoms with Crippen molar-refractivity contribution < 1.29 is 22.7 Å². The van der Waals surface area contributed by atoms with Gasteiger partial charge in [0, 0.05) is 0 Å². The smallest absolute Gasteiger partial charge is 0.420 e. The summed E-state index contributed by atoms with van der Waals surface area (Å²) in [6.45, 7) is 1.61. The van der Waals surface area contributed by atoms with Crippen LogP contribution in [0.2, 0.25) is 0 Å². The van der Waals surface area contributed by atoms with Crippen molar-refractivity contribution in [2.75, 3.05) is 13.1 Å². The Morgan fingerprint density at radius 1 is 1.17 bits per heavy atom. The van der Waals surface area contributed by atoms with E-state index in [2.05, 4.69) is 10.1 Å². The van der Waals surface area contributed by atoms with Crippen LogP contribution in [0, 0.1) is 0 Å². The van der Waals surface area contributed by atoms with Crippen molar-refractivity contribution in [3.8, 4) is 5.75 Å². The van der Waals surface area contributed by atoms with Crippen LogP contribution < -0.4 is 10.1 Å². The minimum absolute atomic E-state index is 0.0574. The maximum Gasteiger partial charge on any atom is 0.491 e. The summed E-state index contributed by atoms with van der Waals surface area (Å²) in [6, 6.07) is 4.61.